The minimum absolute atomic E-state index is 0.0561. The molecule has 0 aliphatic carbocycles. The second-order valence-corrected chi connectivity index (χ2v) is 9.59. The Morgan fingerprint density at radius 3 is 2.07 bits per heavy atom. The topological polar surface area (TPSA) is 140 Å². The quantitative estimate of drug-likeness (QED) is 0.0525. The largest absolute Gasteiger partial charge is 0.492 e. The highest BCUT2D eigenvalue weighted by Gasteiger charge is 2.19. The van der Waals surface area contributed by atoms with E-state index in [2.05, 4.69) is 0 Å². The number of amides is 1. The zero-order valence-electron chi connectivity index (χ0n) is 23.9. The van der Waals surface area contributed by atoms with Crippen molar-refractivity contribution < 1.29 is 33.5 Å². The van der Waals surface area contributed by atoms with Crippen molar-refractivity contribution in [3.63, 3.8) is 0 Å². The average molecular weight is 597 g/mol. The smallest absolute Gasteiger partial charge is 0.342 e. The molecule has 44 heavy (non-hydrogen) atoms. The van der Waals surface area contributed by atoms with E-state index in [1.807, 2.05) is 60.7 Å². The summed E-state index contributed by atoms with van der Waals surface area (Å²) in [5.74, 6) is -0.202. The van der Waals surface area contributed by atoms with Crippen LogP contribution in [0, 0.1) is 10.1 Å². The number of benzene rings is 4. The number of carbonyl (C=O) groups excluding carboxylic acids is 2. The third-order valence-electron chi connectivity index (χ3n) is 6.33. The summed E-state index contributed by atoms with van der Waals surface area (Å²) in [6.45, 7) is 0.839. The van der Waals surface area contributed by atoms with Crippen LogP contribution in [0.15, 0.2) is 103 Å². The standard InChI is InChI=1S/C34H32N2O8/c35-32(37)19-16-27-14-9-15-30(43-23-25-10-3-1-4-11-25)33(27)42-21-8-7-20-41-31-22-28(36(39)40)17-18-29(31)34(38)44-24-26-12-5-2-6-13-26/h1-6,9-19,22H,7-8,20-21,23-24H2,(H2,35,37)/b19-16+. The molecule has 2 N–H and O–H groups in total. The van der Waals surface area contributed by atoms with Gasteiger partial charge < -0.3 is 24.7 Å². The van der Waals surface area contributed by atoms with Crippen molar-refractivity contribution in [3.8, 4) is 17.2 Å². The molecular weight excluding hydrogens is 564 g/mol. The number of nitrogens with zero attached hydrogens (tertiary/aromatic N) is 1. The Labute approximate surface area is 254 Å². The molecule has 0 spiro atoms. The molecule has 0 aliphatic heterocycles. The van der Waals surface area contributed by atoms with Gasteiger partial charge in [-0.3, -0.25) is 14.9 Å². The minimum atomic E-state index is -0.647. The molecule has 0 radical (unpaired) electrons. The molecule has 4 aromatic rings. The van der Waals surface area contributed by atoms with Crippen LogP contribution in [0.3, 0.4) is 0 Å². The Hall–Kier alpha value is -5.64. The molecule has 0 aliphatic rings. The molecule has 10 nitrogen and oxygen atoms in total. The van der Waals surface area contributed by atoms with Crippen LogP contribution in [0.2, 0.25) is 0 Å². The summed E-state index contributed by atoms with van der Waals surface area (Å²) in [5, 5.41) is 11.3. The van der Waals surface area contributed by atoms with Crippen LogP contribution >= 0.6 is 0 Å². The zero-order chi connectivity index (χ0) is 31.1. The van der Waals surface area contributed by atoms with Crippen molar-refractivity contribution >= 4 is 23.6 Å². The number of rotatable bonds is 16. The van der Waals surface area contributed by atoms with Crippen LogP contribution in [0.4, 0.5) is 5.69 Å². The summed E-state index contributed by atoms with van der Waals surface area (Å²) in [6, 6.07) is 28.0. The van der Waals surface area contributed by atoms with Crippen molar-refractivity contribution in [2.45, 2.75) is 26.1 Å². The van der Waals surface area contributed by atoms with E-state index in [1.54, 1.807) is 24.3 Å². The maximum Gasteiger partial charge on any atom is 0.342 e. The molecule has 1 amide bonds. The molecule has 4 rings (SSSR count). The van der Waals surface area contributed by atoms with Crippen molar-refractivity contribution in [2.75, 3.05) is 13.2 Å². The number of hydrogen-bond donors (Lipinski definition) is 1. The van der Waals surface area contributed by atoms with Crippen LogP contribution < -0.4 is 19.9 Å². The number of esters is 1. The van der Waals surface area contributed by atoms with E-state index < -0.39 is 16.8 Å². The number of nitro groups is 1. The van der Waals surface area contributed by atoms with Gasteiger partial charge in [-0.15, -0.1) is 0 Å². The number of nitro benzene ring substituents is 1. The second kappa shape index (κ2) is 16.1. The summed E-state index contributed by atoms with van der Waals surface area (Å²) in [7, 11) is 0. The average Bonchev–Trinajstić information content (AvgIpc) is 3.04. The fourth-order valence-electron chi connectivity index (χ4n) is 4.11. The Bertz CT molecular complexity index is 1590. The Balaban J connectivity index is 1.36. The van der Waals surface area contributed by atoms with Gasteiger partial charge in [0.25, 0.3) is 5.69 Å². The molecule has 4 aromatic carbocycles. The second-order valence-electron chi connectivity index (χ2n) is 9.59. The monoisotopic (exact) mass is 596 g/mol. The SMILES string of the molecule is NC(=O)/C=C/c1cccc(OCc2ccccc2)c1OCCCCOc1cc([N+](=O)[O-])ccc1C(=O)OCc1ccccc1. The molecule has 0 saturated heterocycles. The highest BCUT2D eigenvalue weighted by molar-refractivity contribution is 5.93. The normalized spacial score (nSPS) is 10.7. The first-order chi connectivity index (χ1) is 21.4. The maximum absolute atomic E-state index is 12.8. The third-order valence-corrected chi connectivity index (χ3v) is 6.33. The van der Waals surface area contributed by atoms with E-state index >= 15 is 0 Å². The van der Waals surface area contributed by atoms with Crippen LogP contribution in [0.1, 0.15) is 39.9 Å². The maximum atomic E-state index is 12.8. The summed E-state index contributed by atoms with van der Waals surface area (Å²) in [5.41, 5.74) is 7.60. The van der Waals surface area contributed by atoms with Gasteiger partial charge >= 0.3 is 5.97 Å². The number of unbranched alkanes of at least 4 members (excludes halogenated alkanes) is 1. The lowest BCUT2D eigenvalue weighted by atomic mass is 10.1. The van der Waals surface area contributed by atoms with Gasteiger partial charge in [-0.2, -0.15) is 0 Å². The van der Waals surface area contributed by atoms with Gasteiger partial charge in [0.05, 0.1) is 24.2 Å². The van der Waals surface area contributed by atoms with E-state index in [1.165, 1.54) is 24.3 Å². The van der Waals surface area contributed by atoms with Gasteiger partial charge in [-0.25, -0.2) is 4.79 Å². The molecule has 0 saturated carbocycles. The molecule has 10 heteroatoms. The van der Waals surface area contributed by atoms with E-state index in [-0.39, 0.29) is 36.8 Å². The highest BCUT2D eigenvalue weighted by Crippen LogP contribution is 2.33. The number of nitrogens with two attached hydrogens (primary N) is 1. The van der Waals surface area contributed by atoms with Gasteiger partial charge in [0.1, 0.15) is 24.5 Å². The first-order valence-corrected chi connectivity index (χ1v) is 13.9. The number of carbonyl (C=O) groups is 2. The summed E-state index contributed by atoms with van der Waals surface area (Å²) in [6.07, 6.45) is 3.88. The number of ether oxygens (including phenoxy) is 4. The van der Waals surface area contributed by atoms with Crippen molar-refractivity contribution in [1.29, 1.82) is 0 Å². The third kappa shape index (κ3) is 9.45. The first-order valence-electron chi connectivity index (χ1n) is 13.9. The molecular formula is C34H32N2O8. The van der Waals surface area contributed by atoms with Gasteiger partial charge in [-0.1, -0.05) is 72.8 Å². The fraction of sp³-hybridized carbons (Fsp3) is 0.176. The van der Waals surface area contributed by atoms with E-state index in [9.17, 15) is 19.7 Å². The Morgan fingerprint density at radius 2 is 1.41 bits per heavy atom. The molecule has 0 unspecified atom stereocenters. The van der Waals surface area contributed by atoms with Crippen LogP contribution in [0.25, 0.3) is 6.08 Å². The molecule has 0 fully saturated rings. The predicted molar refractivity (Wildman–Crippen MR) is 164 cm³/mol. The molecule has 0 heterocycles. The van der Waals surface area contributed by atoms with Crippen molar-refractivity contribution in [2.24, 2.45) is 5.73 Å². The summed E-state index contributed by atoms with van der Waals surface area (Å²) in [4.78, 5) is 34.9. The van der Waals surface area contributed by atoms with Crippen LogP contribution in [-0.4, -0.2) is 30.0 Å². The molecule has 0 aromatic heterocycles. The summed E-state index contributed by atoms with van der Waals surface area (Å²) < 4.78 is 23.3. The number of para-hydroxylation sites is 1. The van der Waals surface area contributed by atoms with E-state index in [0.717, 1.165) is 11.1 Å². The van der Waals surface area contributed by atoms with E-state index in [0.29, 0.717) is 36.5 Å². The Morgan fingerprint density at radius 1 is 0.750 bits per heavy atom. The Kier molecular flexibility index (Phi) is 11.5. The molecule has 0 atom stereocenters. The van der Waals surface area contributed by atoms with Crippen LogP contribution in [-0.2, 0) is 22.7 Å². The first kappa shape index (κ1) is 31.3. The zero-order valence-corrected chi connectivity index (χ0v) is 23.9. The lowest BCUT2D eigenvalue weighted by Crippen LogP contribution is -2.10. The van der Waals surface area contributed by atoms with Gasteiger partial charge in [-0.05, 0) is 42.2 Å². The van der Waals surface area contributed by atoms with Crippen LogP contribution in [0.5, 0.6) is 17.2 Å². The highest BCUT2D eigenvalue weighted by atomic mass is 16.6. The molecule has 226 valence electrons. The lowest BCUT2D eigenvalue weighted by Gasteiger charge is -2.16. The van der Waals surface area contributed by atoms with Crippen molar-refractivity contribution in [1.82, 2.24) is 0 Å². The fourth-order valence-corrected chi connectivity index (χ4v) is 4.11. The minimum Gasteiger partial charge on any atom is -0.492 e. The van der Waals surface area contributed by atoms with E-state index in [4.69, 9.17) is 24.7 Å². The number of non-ortho nitro benzene ring substituents is 1. The van der Waals surface area contributed by atoms with Crippen molar-refractivity contribution in [3.05, 3.63) is 136 Å². The van der Waals surface area contributed by atoms with Gasteiger partial charge in [0.2, 0.25) is 5.91 Å². The number of primary amides is 1. The lowest BCUT2D eigenvalue weighted by molar-refractivity contribution is -0.384. The molecule has 0 bridgehead atoms. The summed E-state index contributed by atoms with van der Waals surface area (Å²) >= 11 is 0. The predicted octanol–water partition coefficient (Wildman–Crippen LogP) is 6.27. The van der Waals surface area contributed by atoms with Gasteiger partial charge in [0, 0.05) is 17.7 Å². The van der Waals surface area contributed by atoms with Gasteiger partial charge in [0.15, 0.2) is 11.5 Å². The number of hydrogen-bond acceptors (Lipinski definition) is 8.